The van der Waals surface area contributed by atoms with Gasteiger partial charge in [0.2, 0.25) is 0 Å². The van der Waals surface area contributed by atoms with Gasteiger partial charge >= 0.3 is 5.97 Å². The van der Waals surface area contributed by atoms with Crippen molar-refractivity contribution in [3.63, 3.8) is 0 Å². The molecule has 0 bridgehead atoms. The van der Waals surface area contributed by atoms with Crippen LogP contribution in [0.4, 0.5) is 0 Å². The maximum absolute atomic E-state index is 11.6. The number of imidazole rings is 1. The number of hydrogen-bond acceptors (Lipinski definition) is 3. The first-order valence-corrected chi connectivity index (χ1v) is 6.32. The van der Waals surface area contributed by atoms with E-state index in [4.69, 9.17) is 4.74 Å². The Hall–Kier alpha value is -1.32. The van der Waals surface area contributed by atoms with Crippen molar-refractivity contribution in [3.05, 3.63) is 18.2 Å². The lowest BCUT2D eigenvalue weighted by atomic mass is 9.88. The molecule has 1 aromatic rings. The Morgan fingerprint density at radius 1 is 1.59 bits per heavy atom. The molecule has 0 amide bonds. The van der Waals surface area contributed by atoms with Gasteiger partial charge in [0, 0.05) is 18.9 Å². The molecule has 4 nitrogen and oxygen atoms in total. The number of esters is 1. The fourth-order valence-electron chi connectivity index (χ4n) is 2.46. The fraction of sp³-hybridized carbons (Fsp3) is 0.692. The molecule has 0 aromatic carbocycles. The molecule has 0 saturated carbocycles. The van der Waals surface area contributed by atoms with Gasteiger partial charge in [-0.25, -0.2) is 4.98 Å². The van der Waals surface area contributed by atoms with Gasteiger partial charge in [-0.3, -0.25) is 4.79 Å². The minimum Gasteiger partial charge on any atom is -0.465 e. The van der Waals surface area contributed by atoms with E-state index < -0.39 is 0 Å². The van der Waals surface area contributed by atoms with E-state index in [1.54, 1.807) is 0 Å². The lowest BCUT2D eigenvalue weighted by molar-refractivity contribution is -0.147. The summed E-state index contributed by atoms with van der Waals surface area (Å²) >= 11 is 0. The van der Waals surface area contributed by atoms with Gasteiger partial charge in [0.1, 0.15) is 0 Å². The molecular weight excluding hydrogens is 216 g/mol. The fourth-order valence-corrected chi connectivity index (χ4v) is 2.46. The van der Waals surface area contributed by atoms with Gasteiger partial charge < -0.3 is 9.30 Å². The minimum absolute atomic E-state index is 0.0139. The summed E-state index contributed by atoms with van der Waals surface area (Å²) < 4.78 is 7.27. The Kier molecular flexibility index (Phi) is 3.82. The minimum atomic E-state index is -0.0139. The average molecular weight is 236 g/mol. The predicted octanol–water partition coefficient (Wildman–Crippen LogP) is 1.94. The summed E-state index contributed by atoms with van der Waals surface area (Å²) in [4.78, 5) is 15.8. The summed E-state index contributed by atoms with van der Waals surface area (Å²) in [6, 6.07) is 0. The van der Waals surface area contributed by atoms with Crippen LogP contribution in [-0.4, -0.2) is 22.1 Å². The van der Waals surface area contributed by atoms with Crippen LogP contribution in [0.25, 0.3) is 0 Å². The molecule has 94 valence electrons. The molecular formula is C13H20N2O2. The molecule has 1 fully saturated rings. The maximum Gasteiger partial charge on any atom is 0.308 e. The van der Waals surface area contributed by atoms with Crippen molar-refractivity contribution in [2.45, 2.75) is 32.6 Å². The van der Waals surface area contributed by atoms with E-state index in [0.29, 0.717) is 12.5 Å². The number of carbonyl (C=O) groups excluding carboxylic acids is 1. The molecule has 0 N–H and O–H groups in total. The second kappa shape index (κ2) is 5.34. The summed E-state index contributed by atoms with van der Waals surface area (Å²) in [6.07, 6.45) is 7.51. The van der Waals surface area contributed by atoms with Gasteiger partial charge in [-0.2, -0.15) is 0 Å². The van der Waals surface area contributed by atoms with E-state index in [-0.39, 0.29) is 11.9 Å². The zero-order valence-electron chi connectivity index (χ0n) is 10.6. The van der Waals surface area contributed by atoms with Crippen LogP contribution in [0.3, 0.4) is 0 Å². The molecule has 2 heterocycles. The van der Waals surface area contributed by atoms with Crippen LogP contribution in [0.1, 0.15) is 31.9 Å². The van der Waals surface area contributed by atoms with Crippen molar-refractivity contribution in [1.29, 1.82) is 0 Å². The number of carbonyl (C=O) groups is 1. The van der Waals surface area contributed by atoms with E-state index in [1.807, 2.05) is 19.6 Å². The molecule has 4 heteroatoms. The summed E-state index contributed by atoms with van der Waals surface area (Å²) in [6.45, 7) is 2.62. The number of rotatable bonds is 3. The molecule has 1 saturated heterocycles. The molecule has 2 rings (SSSR count). The van der Waals surface area contributed by atoms with Crippen molar-refractivity contribution >= 4 is 5.97 Å². The molecule has 0 unspecified atom stereocenters. The van der Waals surface area contributed by atoms with Crippen LogP contribution in [0.2, 0.25) is 0 Å². The van der Waals surface area contributed by atoms with Crippen LogP contribution in [0.15, 0.2) is 12.5 Å². The molecule has 0 radical (unpaired) electrons. The van der Waals surface area contributed by atoms with E-state index in [1.165, 1.54) is 5.69 Å². The highest BCUT2D eigenvalue weighted by atomic mass is 16.5. The topological polar surface area (TPSA) is 44.1 Å². The normalized spacial score (nSPS) is 25.4. The molecule has 0 aliphatic carbocycles. The second-order valence-electron chi connectivity index (χ2n) is 4.86. The molecule has 1 aromatic heterocycles. The number of aromatic nitrogens is 2. The Bertz CT molecular complexity index is 387. The van der Waals surface area contributed by atoms with Gasteiger partial charge in [-0.15, -0.1) is 0 Å². The van der Waals surface area contributed by atoms with E-state index in [2.05, 4.69) is 16.5 Å². The summed E-state index contributed by atoms with van der Waals surface area (Å²) in [5.41, 5.74) is 1.24. The smallest absolute Gasteiger partial charge is 0.308 e. The van der Waals surface area contributed by atoms with Crippen molar-refractivity contribution in [2.24, 2.45) is 18.9 Å². The molecule has 1 aliphatic heterocycles. The zero-order chi connectivity index (χ0) is 12.3. The summed E-state index contributed by atoms with van der Waals surface area (Å²) in [5, 5.41) is 0. The van der Waals surface area contributed by atoms with Crippen molar-refractivity contribution in [3.8, 4) is 0 Å². The van der Waals surface area contributed by atoms with Crippen molar-refractivity contribution in [2.75, 3.05) is 6.61 Å². The van der Waals surface area contributed by atoms with Gasteiger partial charge in [0.05, 0.1) is 18.9 Å². The van der Waals surface area contributed by atoms with Gasteiger partial charge in [0.15, 0.2) is 0 Å². The monoisotopic (exact) mass is 236 g/mol. The molecule has 1 aliphatic rings. The third-order valence-corrected chi connectivity index (χ3v) is 3.63. The number of hydrogen-bond donors (Lipinski definition) is 0. The van der Waals surface area contributed by atoms with Crippen LogP contribution in [-0.2, 0) is 23.0 Å². The Morgan fingerprint density at radius 2 is 2.41 bits per heavy atom. The SMILES string of the molecule is CC[C@H]1C[C@@H](Cc2cncn2C)CCOC1=O. The van der Waals surface area contributed by atoms with E-state index in [9.17, 15) is 4.79 Å². The van der Waals surface area contributed by atoms with Crippen LogP contribution < -0.4 is 0 Å². The highest BCUT2D eigenvalue weighted by molar-refractivity contribution is 5.72. The lowest BCUT2D eigenvalue weighted by Crippen LogP contribution is -2.16. The third-order valence-electron chi connectivity index (χ3n) is 3.63. The van der Waals surface area contributed by atoms with Crippen LogP contribution in [0, 0.1) is 11.8 Å². The number of cyclic esters (lactones) is 1. The summed E-state index contributed by atoms with van der Waals surface area (Å²) in [5.74, 6) is 0.595. The highest BCUT2D eigenvalue weighted by Crippen LogP contribution is 2.26. The third kappa shape index (κ3) is 2.87. The predicted molar refractivity (Wildman–Crippen MR) is 64.4 cm³/mol. The molecule has 2 atom stereocenters. The van der Waals surface area contributed by atoms with Gasteiger partial charge in [-0.05, 0) is 31.6 Å². The zero-order valence-corrected chi connectivity index (χ0v) is 10.6. The number of ether oxygens (including phenoxy) is 1. The number of nitrogens with zero attached hydrogens (tertiary/aromatic N) is 2. The summed E-state index contributed by atoms with van der Waals surface area (Å²) in [7, 11) is 2.01. The van der Waals surface area contributed by atoms with Gasteiger partial charge in [0.25, 0.3) is 0 Å². The van der Waals surface area contributed by atoms with Crippen molar-refractivity contribution < 1.29 is 9.53 Å². The standard InChI is InChI=1S/C13H20N2O2/c1-3-11-6-10(4-5-17-13(11)16)7-12-8-14-9-15(12)2/h8-11H,3-7H2,1-2H3/t10-,11-/m0/s1. The van der Waals surface area contributed by atoms with Crippen LogP contribution >= 0.6 is 0 Å². The van der Waals surface area contributed by atoms with Crippen LogP contribution in [0.5, 0.6) is 0 Å². The Morgan fingerprint density at radius 3 is 3.06 bits per heavy atom. The molecule has 17 heavy (non-hydrogen) atoms. The Labute approximate surface area is 102 Å². The largest absolute Gasteiger partial charge is 0.465 e. The first-order chi connectivity index (χ1) is 8.20. The first kappa shape index (κ1) is 12.1. The highest BCUT2D eigenvalue weighted by Gasteiger charge is 2.27. The average Bonchev–Trinajstić information content (AvgIpc) is 2.61. The second-order valence-corrected chi connectivity index (χ2v) is 4.86. The lowest BCUT2D eigenvalue weighted by Gasteiger charge is -2.16. The maximum atomic E-state index is 11.6. The van der Waals surface area contributed by atoms with Gasteiger partial charge in [-0.1, -0.05) is 6.92 Å². The van der Waals surface area contributed by atoms with Crippen molar-refractivity contribution in [1.82, 2.24) is 9.55 Å². The number of aryl methyl sites for hydroxylation is 1. The van der Waals surface area contributed by atoms with E-state index in [0.717, 1.165) is 25.7 Å². The quantitative estimate of drug-likeness (QED) is 0.753. The molecule has 0 spiro atoms. The van der Waals surface area contributed by atoms with E-state index >= 15 is 0 Å². The Balaban J connectivity index is 2.01. The first-order valence-electron chi connectivity index (χ1n) is 6.32.